The maximum atomic E-state index is 11.6. The molecule has 0 aromatic heterocycles. The highest BCUT2D eigenvalue weighted by molar-refractivity contribution is 5.77. The van der Waals surface area contributed by atoms with Crippen molar-refractivity contribution < 1.29 is 19.8 Å². The number of carboxylic acid groups (broad SMARTS) is 1. The SMILES string of the molecule is C#CCN(CC1CC1)C(=O)NCC(O)C(=O)O. The van der Waals surface area contributed by atoms with Crippen molar-refractivity contribution in [2.45, 2.75) is 18.9 Å². The van der Waals surface area contributed by atoms with Crippen LogP contribution >= 0.6 is 0 Å². The molecule has 6 nitrogen and oxygen atoms in total. The molecule has 17 heavy (non-hydrogen) atoms. The molecule has 0 heterocycles. The number of carboxylic acids is 1. The topological polar surface area (TPSA) is 89.9 Å². The summed E-state index contributed by atoms with van der Waals surface area (Å²) in [7, 11) is 0. The van der Waals surface area contributed by atoms with Crippen LogP contribution in [0.2, 0.25) is 0 Å². The number of hydrogen-bond donors (Lipinski definition) is 3. The molecular weight excluding hydrogens is 224 g/mol. The Morgan fingerprint density at radius 3 is 2.65 bits per heavy atom. The van der Waals surface area contributed by atoms with Crippen molar-refractivity contribution in [1.29, 1.82) is 0 Å². The van der Waals surface area contributed by atoms with E-state index in [1.54, 1.807) is 0 Å². The third kappa shape index (κ3) is 4.74. The van der Waals surface area contributed by atoms with Gasteiger partial charge in [0.25, 0.3) is 0 Å². The van der Waals surface area contributed by atoms with Crippen molar-refractivity contribution in [3.63, 3.8) is 0 Å². The van der Waals surface area contributed by atoms with Crippen LogP contribution < -0.4 is 5.32 Å². The molecule has 2 amide bonds. The van der Waals surface area contributed by atoms with Gasteiger partial charge in [-0.2, -0.15) is 0 Å². The van der Waals surface area contributed by atoms with E-state index in [0.717, 1.165) is 12.8 Å². The summed E-state index contributed by atoms with van der Waals surface area (Å²) in [4.78, 5) is 23.4. The standard InChI is InChI=1S/C11H16N2O4/c1-2-5-13(7-8-3-4-8)11(17)12-6-9(14)10(15)16/h1,8-9,14H,3-7H2,(H,12,17)(H,15,16). The molecule has 1 fully saturated rings. The molecule has 0 aromatic rings. The summed E-state index contributed by atoms with van der Waals surface area (Å²) in [6.45, 7) is 0.449. The summed E-state index contributed by atoms with van der Waals surface area (Å²) >= 11 is 0. The van der Waals surface area contributed by atoms with E-state index in [9.17, 15) is 9.59 Å². The summed E-state index contributed by atoms with van der Waals surface area (Å²) in [6, 6.07) is -0.435. The van der Waals surface area contributed by atoms with E-state index in [2.05, 4.69) is 11.2 Å². The Morgan fingerprint density at radius 1 is 1.53 bits per heavy atom. The Hall–Kier alpha value is -1.74. The minimum absolute atomic E-state index is 0.186. The van der Waals surface area contributed by atoms with Gasteiger partial charge < -0.3 is 20.4 Å². The van der Waals surface area contributed by atoms with Crippen LogP contribution in [0.1, 0.15) is 12.8 Å². The molecule has 0 radical (unpaired) electrons. The first-order valence-corrected chi connectivity index (χ1v) is 5.41. The van der Waals surface area contributed by atoms with Gasteiger partial charge in [-0.1, -0.05) is 5.92 Å². The fourth-order valence-electron chi connectivity index (χ4n) is 1.32. The molecule has 1 aliphatic rings. The van der Waals surface area contributed by atoms with E-state index in [0.29, 0.717) is 12.5 Å². The van der Waals surface area contributed by atoms with Gasteiger partial charge in [0.2, 0.25) is 0 Å². The molecule has 1 aliphatic carbocycles. The lowest BCUT2D eigenvalue weighted by Gasteiger charge is -2.21. The van der Waals surface area contributed by atoms with Crippen molar-refractivity contribution in [3.05, 3.63) is 0 Å². The largest absolute Gasteiger partial charge is 0.479 e. The second kappa shape index (κ2) is 6.11. The second-order valence-corrected chi connectivity index (χ2v) is 4.07. The first kappa shape index (κ1) is 13.3. The van der Waals surface area contributed by atoms with Gasteiger partial charge in [0.15, 0.2) is 6.10 Å². The van der Waals surface area contributed by atoms with E-state index in [1.165, 1.54) is 4.90 Å². The third-order valence-electron chi connectivity index (χ3n) is 2.48. The summed E-state index contributed by atoms with van der Waals surface area (Å²) < 4.78 is 0. The number of terminal acetylenes is 1. The van der Waals surface area contributed by atoms with Crippen molar-refractivity contribution >= 4 is 12.0 Å². The second-order valence-electron chi connectivity index (χ2n) is 4.07. The Kier molecular flexibility index (Phi) is 4.79. The van der Waals surface area contributed by atoms with Crippen LogP contribution in [0.3, 0.4) is 0 Å². The molecule has 0 aromatic carbocycles. The normalized spacial score (nSPS) is 15.8. The lowest BCUT2D eigenvalue weighted by molar-refractivity contribution is -0.146. The highest BCUT2D eigenvalue weighted by Crippen LogP contribution is 2.29. The number of aliphatic carboxylic acids is 1. The predicted molar refractivity (Wildman–Crippen MR) is 60.2 cm³/mol. The molecule has 94 valence electrons. The van der Waals surface area contributed by atoms with Crippen LogP contribution in [-0.2, 0) is 4.79 Å². The maximum Gasteiger partial charge on any atom is 0.334 e. The third-order valence-corrected chi connectivity index (χ3v) is 2.48. The number of urea groups is 1. The fourth-order valence-corrected chi connectivity index (χ4v) is 1.32. The molecule has 1 saturated carbocycles. The minimum Gasteiger partial charge on any atom is -0.479 e. The van der Waals surface area contributed by atoms with Gasteiger partial charge in [-0.15, -0.1) is 6.42 Å². The molecule has 0 bridgehead atoms. The first-order valence-electron chi connectivity index (χ1n) is 5.41. The lowest BCUT2D eigenvalue weighted by Crippen LogP contribution is -2.45. The van der Waals surface area contributed by atoms with E-state index in [-0.39, 0.29) is 13.1 Å². The zero-order chi connectivity index (χ0) is 12.8. The monoisotopic (exact) mass is 240 g/mol. The Bertz CT molecular complexity index is 333. The van der Waals surface area contributed by atoms with E-state index in [4.69, 9.17) is 16.6 Å². The molecule has 1 atom stereocenters. The smallest absolute Gasteiger partial charge is 0.334 e. The van der Waals surface area contributed by atoms with Gasteiger partial charge in [-0.05, 0) is 18.8 Å². The summed E-state index contributed by atoms with van der Waals surface area (Å²) in [6.07, 6.45) is 5.74. The van der Waals surface area contributed by atoms with E-state index in [1.807, 2.05) is 0 Å². The number of nitrogens with one attached hydrogen (secondary N) is 1. The molecule has 1 rings (SSSR count). The number of carbonyl (C=O) groups is 2. The van der Waals surface area contributed by atoms with Crippen LogP contribution in [0.15, 0.2) is 0 Å². The molecule has 1 unspecified atom stereocenters. The quantitative estimate of drug-likeness (QED) is 0.545. The Morgan fingerprint density at radius 2 is 2.18 bits per heavy atom. The fraction of sp³-hybridized carbons (Fsp3) is 0.636. The zero-order valence-corrected chi connectivity index (χ0v) is 9.43. The van der Waals surface area contributed by atoms with Crippen molar-refractivity contribution in [3.8, 4) is 12.3 Å². The van der Waals surface area contributed by atoms with Crippen molar-refractivity contribution in [2.24, 2.45) is 5.92 Å². The average Bonchev–Trinajstić information content (AvgIpc) is 3.08. The van der Waals surface area contributed by atoms with Gasteiger partial charge in [-0.25, -0.2) is 9.59 Å². The van der Waals surface area contributed by atoms with Crippen molar-refractivity contribution in [2.75, 3.05) is 19.6 Å². The number of aliphatic hydroxyl groups excluding tert-OH is 1. The van der Waals surface area contributed by atoms with Crippen LogP contribution in [0.5, 0.6) is 0 Å². The maximum absolute atomic E-state index is 11.6. The minimum atomic E-state index is -1.59. The summed E-state index contributed by atoms with van der Waals surface area (Å²) in [5, 5.41) is 19.8. The molecule has 0 spiro atoms. The number of carbonyl (C=O) groups excluding carboxylic acids is 1. The molecule has 6 heteroatoms. The Balaban J connectivity index is 2.36. The van der Waals surface area contributed by atoms with Crippen LogP contribution in [-0.4, -0.2) is 52.9 Å². The molecule has 0 saturated heterocycles. The highest BCUT2D eigenvalue weighted by atomic mass is 16.4. The van der Waals surface area contributed by atoms with Gasteiger partial charge in [0.1, 0.15) is 0 Å². The van der Waals surface area contributed by atoms with Crippen LogP contribution in [0, 0.1) is 18.3 Å². The molecular formula is C11H16N2O4. The Labute approximate surface area is 99.6 Å². The van der Waals surface area contributed by atoms with E-state index < -0.39 is 18.1 Å². The number of nitrogens with zero attached hydrogens (tertiary/aromatic N) is 1. The predicted octanol–water partition coefficient (Wildman–Crippen LogP) is -0.513. The number of amides is 2. The van der Waals surface area contributed by atoms with E-state index >= 15 is 0 Å². The molecule has 0 aliphatic heterocycles. The van der Waals surface area contributed by atoms with Gasteiger partial charge in [0, 0.05) is 6.54 Å². The summed E-state index contributed by atoms with van der Waals surface area (Å²) in [5.41, 5.74) is 0. The number of hydrogen-bond acceptors (Lipinski definition) is 3. The van der Waals surface area contributed by atoms with Crippen molar-refractivity contribution in [1.82, 2.24) is 10.2 Å². The first-order chi connectivity index (χ1) is 8.04. The summed E-state index contributed by atoms with van der Waals surface area (Å²) in [5.74, 6) is 1.51. The van der Waals surface area contributed by atoms with Gasteiger partial charge in [0.05, 0.1) is 13.1 Å². The zero-order valence-electron chi connectivity index (χ0n) is 9.43. The van der Waals surface area contributed by atoms with Crippen LogP contribution in [0.25, 0.3) is 0 Å². The number of rotatable bonds is 6. The average molecular weight is 240 g/mol. The van der Waals surface area contributed by atoms with Crippen LogP contribution in [0.4, 0.5) is 4.79 Å². The van der Waals surface area contributed by atoms with Gasteiger partial charge >= 0.3 is 12.0 Å². The molecule has 3 N–H and O–H groups in total. The highest BCUT2D eigenvalue weighted by Gasteiger charge is 2.26. The number of aliphatic hydroxyl groups is 1. The lowest BCUT2D eigenvalue weighted by atomic mass is 10.3. The van der Waals surface area contributed by atoms with Gasteiger partial charge in [-0.3, -0.25) is 0 Å².